The molecule has 0 atom stereocenters. The lowest BCUT2D eigenvalue weighted by molar-refractivity contribution is 1.07. The molecule has 0 aliphatic rings. The van der Waals surface area contributed by atoms with Crippen molar-refractivity contribution in [2.24, 2.45) is 0 Å². The fourth-order valence-electron chi connectivity index (χ4n) is 8.25. The minimum Gasteiger partial charge on any atom is -0.309 e. The Bertz CT molecular complexity index is 3150. The number of hydrogen-bond donors (Lipinski definition) is 0. The molecule has 0 saturated heterocycles. The molecule has 11 rings (SSSR count). The molecule has 262 valence electrons. The first kappa shape index (κ1) is 31.9. The van der Waals surface area contributed by atoms with Gasteiger partial charge in [0.2, 0.25) is 0 Å². The van der Waals surface area contributed by atoms with Gasteiger partial charge in [0, 0.05) is 55.2 Å². The summed E-state index contributed by atoms with van der Waals surface area (Å²) in [7, 11) is 0. The van der Waals surface area contributed by atoms with Gasteiger partial charge in [0.1, 0.15) is 0 Å². The molecule has 0 bridgehead atoms. The third-order valence-corrected chi connectivity index (χ3v) is 10.8. The van der Waals surface area contributed by atoms with Gasteiger partial charge in [-0.3, -0.25) is 0 Å². The summed E-state index contributed by atoms with van der Waals surface area (Å²) >= 11 is 0. The van der Waals surface area contributed by atoms with Crippen LogP contribution in [0, 0.1) is 0 Å². The van der Waals surface area contributed by atoms with Gasteiger partial charge in [-0.2, -0.15) is 0 Å². The topological polar surface area (TPSA) is 48.5 Å². The van der Waals surface area contributed by atoms with E-state index in [-0.39, 0.29) is 0 Å². The Morgan fingerprint density at radius 2 is 0.714 bits per heavy atom. The summed E-state index contributed by atoms with van der Waals surface area (Å²) in [5, 5.41) is 4.85. The summed E-state index contributed by atoms with van der Waals surface area (Å²) in [4.78, 5) is 14.9. The van der Waals surface area contributed by atoms with Gasteiger partial charge in [-0.05, 0) is 60.2 Å². The fraction of sp³-hybridized carbons (Fsp3) is 0. The first-order chi connectivity index (χ1) is 27.8. The van der Waals surface area contributed by atoms with Crippen molar-refractivity contribution in [3.63, 3.8) is 0 Å². The van der Waals surface area contributed by atoms with E-state index < -0.39 is 0 Å². The highest BCUT2D eigenvalue weighted by molar-refractivity contribution is 6.29. The van der Waals surface area contributed by atoms with Gasteiger partial charge in [-0.15, -0.1) is 0 Å². The summed E-state index contributed by atoms with van der Waals surface area (Å²) in [5.41, 5.74) is 12.1. The quantitative estimate of drug-likeness (QED) is 0.172. The number of benzene rings is 8. The molecule has 11 aromatic rings. The van der Waals surface area contributed by atoms with E-state index in [9.17, 15) is 0 Å². The zero-order chi connectivity index (χ0) is 37.0. The molecule has 3 aromatic heterocycles. The highest BCUT2D eigenvalue weighted by atomic mass is 15.0. The predicted octanol–water partition coefficient (Wildman–Crippen LogP) is 12.7. The molecule has 0 saturated carbocycles. The first-order valence-electron chi connectivity index (χ1n) is 18.9. The zero-order valence-electron chi connectivity index (χ0n) is 30.3. The largest absolute Gasteiger partial charge is 0.309 e. The van der Waals surface area contributed by atoms with Gasteiger partial charge in [-0.25, -0.2) is 15.0 Å². The molecule has 0 fully saturated rings. The number of aromatic nitrogens is 5. The van der Waals surface area contributed by atoms with Crippen LogP contribution in [0.25, 0.3) is 100 Å². The van der Waals surface area contributed by atoms with Crippen LogP contribution in [-0.4, -0.2) is 24.1 Å². The molecule has 0 aliphatic carbocycles. The first-order valence-corrected chi connectivity index (χ1v) is 18.9. The second-order valence-electron chi connectivity index (χ2n) is 14.0. The van der Waals surface area contributed by atoms with Crippen molar-refractivity contribution in [3.8, 4) is 56.7 Å². The summed E-state index contributed by atoms with van der Waals surface area (Å²) in [6.45, 7) is 0. The van der Waals surface area contributed by atoms with E-state index in [1.165, 1.54) is 49.2 Å². The number of fused-ring (bicyclic) bond motifs is 7. The maximum atomic E-state index is 5.01. The number of hydrogen-bond acceptors (Lipinski definition) is 3. The minimum atomic E-state index is 0.632. The predicted molar refractivity (Wildman–Crippen MR) is 230 cm³/mol. The van der Waals surface area contributed by atoms with Gasteiger partial charge in [-0.1, -0.05) is 146 Å². The average molecular weight is 716 g/mol. The molecule has 0 unspecified atom stereocenters. The maximum absolute atomic E-state index is 5.01. The van der Waals surface area contributed by atoms with Crippen molar-refractivity contribution in [2.75, 3.05) is 0 Å². The Kier molecular flexibility index (Phi) is 7.42. The van der Waals surface area contributed by atoms with E-state index in [0.717, 1.165) is 33.6 Å². The molecule has 0 N–H and O–H groups in total. The Morgan fingerprint density at radius 1 is 0.304 bits per heavy atom. The molecule has 0 aliphatic heterocycles. The van der Waals surface area contributed by atoms with Crippen LogP contribution in [0.3, 0.4) is 0 Å². The minimum absolute atomic E-state index is 0.632. The smallest absolute Gasteiger partial charge is 0.164 e. The lowest BCUT2D eigenvalue weighted by Gasteiger charge is -2.14. The Balaban J connectivity index is 1.18. The van der Waals surface area contributed by atoms with E-state index in [1.54, 1.807) is 0 Å². The lowest BCUT2D eigenvalue weighted by Crippen LogP contribution is -2.00. The van der Waals surface area contributed by atoms with E-state index >= 15 is 0 Å². The number of nitrogens with zero attached hydrogens (tertiary/aromatic N) is 5. The Morgan fingerprint density at radius 3 is 1.29 bits per heavy atom. The molecule has 0 amide bonds. The third kappa shape index (κ3) is 5.13. The van der Waals surface area contributed by atoms with Crippen LogP contribution in [-0.2, 0) is 0 Å². The van der Waals surface area contributed by atoms with Crippen LogP contribution in [0.4, 0.5) is 0 Å². The molecular weight excluding hydrogens is 683 g/mol. The molecule has 5 heteroatoms. The second kappa shape index (κ2) is 13.0. The van der Waals surface area contributed by atoms with Crippen molar-refractivity contribution in [1.29, 1.82) is 0 Å². The standard InChI is InChI=1S/C51H33N5/c1-5-17-34(18-6-1)42-33-43-40-25-13-15-27-44(40)56(48(43)46-41-26-14-16-28-45(41)55(47(42)46)38-23-11-4-12-24-38)39-31-29-37(30-32-39)51-53-49(35-19-7-2-8-20-35)52-50(54-51)36-21-9-3-10-22-36/h1-33H. The van der Waals surface area contributed by atoms with Gasteiger partial charge in [0.15, 0.2) is 17.5 Å². The van der Waals surface area contributed by atoms with Crippen LogP contribution >= 0.6 is 0 Å². The molecule has 0 radical (unpaired) electrons. The van der Waals surface area contributed by atoms with Crippen molar-refractivity contribution >= 4 is 43.6 Å². The van der Waals surface area contributed by atoms with Crippen molar-refractivity contribution in [3.05, 3.63) is 200 Å². The summed E-state index contributed by atoms with van der Waals surface area (Å²) in [6, 6.07) is 70.4. The lowest BCUT2D eigenvalue weighted by atomic mass is 9.98. The van der Waals surface area contributed by atoms with Crippen LogP contribution in [0.2, 0.25) is 0 Å². The van der Waals surface area contributed by atoms with Crippen LogP contribution < -0.4 is 0 Å². The van der Waals surface area contributed by atoms with Crippen LogP contribution in [0.1, 0.15) is 0 Å². The van der Waals surface area contributed by atoms with Crippen LogP contribution in [0.5, 0.6) is 0 Å². The molecule has 56 heavy (non-hydrogen) atoms. The SMILES string of the molecule is c1ccc(-c2nc(-c3ccccc3)nc(-c3ccc(-n4c5ccccc5c5cc(-c6ccccc6)c6c(c7ccccc7n6-c6ccccc6)c54)cc3)n2)cc1. The summed E-state index contributed by atoms with van der Waals surface area (Å²) < 4.78 is 4.87. The number of rotatable bonds is 6. The summed E-state index contributed by atoms with van der Waals surface area (Å²) in [6.07, 6.45) is 0. The van der Waals surface area contributed by atoms with Gasteiger partial charge in [0.25, 0.3) is 0 Å². The molecule has 3 heterocycles. The third-order valence-electron chi connectivity index (χ3n) is 10.8. The van der Waals surface area contributed by atoms with E-state index in [2.05, 4.69) is 149 Å². The molecule has 5 nitrogen and oxygen atoms in total. The van der Waals surface area contributed by atoms with Gasteiger partial charge < -0.3 is 9.13 Å². The van der Waals surface area contributed by atoms with Gasteiger partial charge >= 0.3 is 0 Å². The van der Waals surface area contributed by atoms with Crippen molar-refractivity contribution in [2.45, 2.75) is 0 Å². The maximum Gasteiger partial charge on any atom is 0.164 e. The van der Waals surface area contributed by atoms with E-state index in [1.807, 2.05) is 60.7 Å². The van der Waals surface area contributed by atoms with E-state index in [4.69, 9.17) is 15.0 Å². The summed E-state index contributed by atoms with van der Waals surface area (Å²) in [5.74, 6) is 1.92. The Hall–Kier alpha value is -7.63. The van der Waals surface area contributed by atoms with Crippen molar-refractivity contribution in [1.82, 2.24) is 24.1 Å². The fourth-order valence-corrected chi connectivity index (χ4v) is 8.25. The Labute approximate surface area is 323 Å². The molecular formula is C51H33N5. The van der Waals surface area contributed by atoms with Crippen molar-refractivity contribution < 1.29 is 0 Å². The van der Waals surface area contributed by atoms with Gasteiger partial charge in [0.05, 0.1) is 22.1 Å². The normalized spacial score (nSPS) is 11.6. The molecule has 0 spiro atoms. The highest BCUT2D eigenvalue weighted by Gasteiger charge is 2.24. The highest BCUT2D eigenvalue weighted by Crippen LogP contribution is 2.46. The van der Waals surface area contributed by atoms with Crippen LogP contribution in [0.15, 0.2) is 200 Å². The zero-order valence-corrected chi connectivity index (χ0v) is 30.3. The molecule has 8 aromatic carbocycles. The van der Waals surface area contributed by atoms with E-state index in [0.29, 0.717) is 17.5 Å². The monoisotopic (exact) mass is 715 g/mol. The second-order valence-corrected chi connectivity index (χ2v) is 14.0. The average Bonchev–Trinajstić information content (AvgIpc) is 3.80. The number of para-hydroxylation sites is 3.